The number of hydrogen-bond donors (Lipinski definition) is 1. The fourth-order valence-electron chi connectivity index (χ4n) is 3.48. The van der Waals surface area contributed by atoms with Gasteiger partial charge in [-0.3, -0.25) is 9.79 Å². The summed E-state index contributed by atoms with van der Waals surface area (Å²) in [7, 11) is 0. The molecule has 1 amide bonds. The zero-order valence-electron chi connectivity index (χ0n) is 13.2. The van der Waals surface area contributed by atoms with Crippen LogP contribution in [0, 0.1) is 5.92 Å². The molecule has 2 atom stereocenters. The third kappa shape index (κ3) is 2.53. The van der Waals surface area contributed by atoms with E-state index in [1.165, 1.54) is 0 Å². The van der Waals surface area contributed by atoms with Crippen molar-refractivity contribution in [3.05, 3.63) is 65.4 Å². The second kappa shape index (κ2) is 5.87. The highest BCUT2D eigenvalue weighted by Crippen LogP contribution is 2.41. The van der Waals surface area contributed by atoms with Crippen LogP contribution in [0.4, 0.5) is 0 Å². The Morgan fingerprint density at radius 1 is 1.21 bits per heavy atom. The van der Waals surface area contributed by atoms with Gasteiger partial charge in [0.2, 0.25) is 5.91 Å². The third-order valence-electron chi connectivity index (χ3n) is 4.51. The number of amidine groups is 1. The lowest BCUT2D eigenvalue weighted by atomic mass is 9.76. The number of halogens is 1. The molecule has 5 heteroatoms. The average Bonchev–Trinajstić information content (AvgIpc) is 2.74. The summed E-state index contributed by atoms with van der Waals surface area (Å²) in [6.45, 7) is 1.82. The maximum atomic E-state index is 12.6. The molecule has 1 N–H and O–H groups in total. The number of amides is 1. The van der Waals surface area contributed by atoms with Crippen LogP contribution < -0.4 is 5.32 Å². The SMILES string of the molecule is CC1=NC2CC=C3C(c4ccccc4)=CC(Cl)=NC=C3C2C(=O)N1. The van der Waals surface area contributed by atoms with Crippen molar-refractivity contribution >= 4 is 34.1 Å². The minimum absolute atomic E-state index is 0.0232. The Morgan fingerprint density at radius 2 is 2.00 bits per heavy atom. The molecule has 2 aliphatic heterocycles. The van der Waals surface area contributed by atoms with E-state index < -0.39 is 0 Å². The standard InChI is InChI=1S/C19H16ClN3O/c1-11-22-16-8-7-13-14(12-5-3-2-4-6-12)9-17(20)21-10-15(13)18(16)19(24)23-11/h2-7,9-10,16,18H,8H2,1H3,(H,22,23,24). The predicted octanol–water partition coefficient (Wildman–Crippen LogP) is 3.47. The van der Waals surface area contributed by atoms with Crippen LogP contribution in [0.15, 0.2) is 69.8 Å². The number of aliphatic imine (C=N–C) groups is 2. The molecule has 1 aromatic rings. The van der Waals surface area contributed by atoms with Crippen LogP contribution in [-0.4, -0.2) is 23.0 Å². The molecule has 0 spiro atoms. The molecule has 3 aliphatic rings. The number of rotatable bonds is 1. The van der Waals surface area contributed by atoms with E-state index in [0.717, 1.165) is 28.7 Å². The van der Waals surface area contributed by atoms with Gasteiger partial charge in [-0.1, -0.05) is 48.0 Å². The first-order valence-corrected chi connectivity index (χ1v) is 8.28. The number of carbonyl (C=O) groups is 1. The molecule has 1 aromatic carbocycles. The summed E-state index contributed by atoms with van der Waals surface area (Å²) in [5.74, 6) is 0.324. The Balaban J connectivity index is 1.86. The zero-order chi connectivity index (χ0) is 16.7. The summed E-state index contributed by atoms with van der Waals surface area (Å²) in [5.41, 5.74) is 3.95. The van der Waals surface area contributed by atoms with Gasteiger partial charge in [-0.05, 0) is 41.7 Å². The van der Waals surface area contributed by atoms with Crippen LogP contribution in [0.5, 0.6) is 0 Å². The molecule has 0 saturated carbocycles. The predicted molar refractivity (Wildman–Crippen MR) is 97.0 cm³/mol. The van der Waals surface area contributed by atoms with E-state index in [4.69, 9.17) is 11.6 Å². The Morgan fingerprint density at radius 3 is 2.79 bits per heavy atom. The minimum Gasteiger partial charge on any atom is -0.314 e. The first kappa shape index (κ1) is 15.1. The van der Waals surface area contributed by atoms with Crippen LogP contribution in [0.2, 0.25) is 0 Å². The lowest BCUT2D eigenvalue weighted by Crippen LogP contribution is -2.46. The van der Waals surface area contributed by atoms with Gasteiger partial charge in [0.15, 0.2) is 0 Å². The van der Waals surface area contributed by atoms with Crippen molar-refractivity contribution < 1.29 is 4.79 Å². The lowest BCUT2D eigenvalue weighted by molar-refractivity contribution is -0.123. The molecule has 120 valence electrons. The Kier molecular flexibility index (Phi) is 3.69. The first-order valence-electron chi connectivity index (χ1n) is 7.90. The molecule has 24 heavy (non-hydrogen) atoms. The Bertz CT molecular complexity index is 862. The number of nitrogens with one attached hydrogen (secondary N) is 1. The molecule has 4 nitrogen and oxygen atoms in total. The summed E-state index contributed by atoms with van der Waals surface area (Å²) in [4.78, 5) is 21.5. The summed E-state index contributed by atoms with van der Waals surface area (Å²) in [5, 5.41) is 3.25. The molecule has 1 aliphatic carbocycles. The zero-order valence-corrected chi connectivity index (χ0v) is 13.9. The topological polar surface area (TPSA) is 53.8 Å². The van der Waals surface area contributed by atoms with Gasteiger partial charge in [-0.25, -0.2) is 4.99 Å². The molecule has 0 fully saturated rings. The Hall–Kier alpha value is -2.46. The number of carbonyl (C=O) groups excluding carboxylic acids is 1. The molecule has 0 radical (unpaired) electrons. The molecule has 0 aromatic heterocycles. The van der Waals surface area contributed by atoms with Gasteiger partial charge in [0.05, 0.1) is 12.0 Å². The normalized spacial score (nSPS) is 25.8. The van der Waals surface area contributed by atoms with Crippen molar-refractivity contribution in [2.24, 2.45) is 15.9 Å². The third-order valence-corrected chi connectivity index (χ3v) is 4.71. The van der Waals surface area contributed by atoms with Gasteiger partial charge in [0, 0.05) is 6.20 Å². The van der Waals surface area contributed by atoms with E-state index in [1.54, 1.807) is 6.20 Å². The van der Waals surface area contributed by atoms with Crippen molar-refractivity contribution in [3.8, 4) is 0 Å². The number of hydrogen-bond acceptors (Lipinski definition) is 3. The van der Waals surface area contributed by atoms with E-state index >= 15 is 0 Å². The van der Waals surface area contributed by atoms with Crippen molar-refractivity contribution in [2.75, 3.05) is 0 Å². The molecule has 4 rings (SSSR count). The highest BCUT2D eigenvalue weighted by molar-refractivity contribution is 6.69. The minimum atomic E-state index is -0.327. The van der Waals surface area contributed by atoms with E-state index in [2.05, 4.69) is 21.4 Å². The molecular weight excluding hydrogens is 322 g/mol. The van der Waals surface area contributed by atoms with E-state index in [1.807, 2.05) is 43.3 Å². The van der Waals surface area contributed by atoms with Crippen molar-refractivity contribution in [2.45, 2.75) is 19.4 Å². The summed E-state index contributed by atoms with van der Waals surface area (Å²) in [6, 6.07) is 9.96. The van der Waals surface area contributed by atoms with Gasteiger partial charge >= 0.3 is 0 Å². The van der Waals surface area contributed by atoms with Crippen LogP contribution >= 0.6 is 11.6 Å². The number of nitrogens with zero attached hydrogens (tertiary/aromatic N) is 2. The second-order valence-electron chi connectivity index (χ2n) is 6.06. The van der Waals surface area contributed by atoms with Crippen LogP contribution in [-0.2, 0) is 4.79 Å². The highest BCUT2D eigenvalue weighted by Gasteiger charge is 2.39. The fourth-order valence-corrected chi connectivity index (χ4v) is 3.64. The maximum Gasteiger partial charge on any atom is 0.235 e. The van der Waals surface area contributed by atoms with Gasteiger partial charge in [-0.2, -0.15) is 0 Å². The number of benzene rings is 1. The van der Waals surface area contributed by atoms with Crippen LogP contribution in [0.3, 0.4) is 0 Å². The fraction of sp³-hybridized carbons (Fsp3) is 0.211. The van der Waals surface area contributed by atoms with Crippen LogP contribution in [0.25, 0.3) is 5.57 Å². The largest absolute Gasteiger partial charge is 0.314 e. The first-order chi connectivity index (χ1) is 11.6. The molecule has 0 bridgehead atoms. The average molecular weight is 338 g/mol. The van der Waals surface area contributed by atoms with E-state index in [9.17, 15) is 4.79 Å². The molecule has 2 heterocycles. The monoisotopic (exact) mass is 337 g/mol. The molecule has 0 saturated heterocycles. The van der Waals surface area contributed by atoms with Crippen molar-refractivity contribution in [1.82, 2.24) is 5.32 Å². The van der Waals surface area contributed by atoms with Gasteiger partial charge < -0.3 is 5.32 Å². The smallest absolute Gasteiger partial charge is 0.235 e. The van der Waals surface area contributed by atoms with E-state index in [-0.39, 0.29) is 17.9 Å². The van der Waals surface area contributed by atoms with Gasteiger partial charge in [0.1, 0.15) is 11.0 Å². The van der Waals surface area contributed by atoms with Crippen LogP contribution in [0.1, 0.15) is 18.9 Å². The summed E-state index contributed by atoms with van der Waals surface area (Å²) >= 11 is 6.24. The Labute approximate surface area is 145 Å². The highest BCUT2D eigenvalue weighted by atomic mass is 35.5. The van der Waals surface area contributed by atoms with Gasteiger partial charge in [0.25, 0.3) is 0 Å². The number of fused-ring (bicyclic) bond motifs is 3. The maximum absolute atomic E-state index is 12.6. The lowest BCUT2D eigenvalue weighted by Gasteiger charge is -2.34. The van der Waals surface area contributed by atoms with Crippen molar-refractivity contribution in [3.63, 3.8) is 0 Å². The molecule has 2 unspecified atom stereocenters. The quantitative estimate of drug-likeness (QED) is 0.838. The van der Waals surface area contributed by atoms with E-state index in [0.29, 0.717) is 11.0 Å². The summed E-state index contributed by atoms with van der Waals surface area (Å²) < 4.78 is 0. The summed E-state index contributed by atoms with van der Waals surface area (Å²) in [6.07, 6.45) is 6.45. The molecular formula is C19H16ClN3O. The second-order valence-corrected chi connectivity index (χ2v) is 6.45. The van der Waals surface area contributed by atoms with Gasteiger partial charge in [-0.15, -0.1) is 0 Å². The number of allylic oxidation sites excluding steroid dienone is 3. The van der Waals surface area contributed by atoms with Crippen molar-refractivity contribution in [1.29, 1.82) is 0 Å².